The molecule has 0 N–H and O–H groups in total. The minimum atomic E-state index is 0. The van der Waals surface area contributed by atoms with E-state index in [1.54, 1.807) is 11.1 Å². The highest BCUT2D eigenvalue weighted by Gasteiger charge is 2.20. The molecule has 0 bridgehead atoms. The number of fused-ring (bicyclic) bond motifs is 3. The van der Waals surface area contributed by atoms with Crippen molar-refractivity contribution in [1.29, 1.82) is 0 Å². The number of aryl methyl sites for hydroxylation is 1. The van der Waals surface area contributed by atoms with Crippen LogP contribution in [-0.2, 0) is 12.8 Å². The standard InChI is InChI=1S/C17H18.2ClH/c1-3-6-14-12(2)9-10-16-15-8-5-4-7-13(15)11-17(14)16;;/h4-5,7-10H,3,6,11H2,1-2H3;2*1H. The predicted molar refractivity (Wildman–Crippen MR) is 87.9 cm³/mol. The summed E-state index contributed by atoms with van der Waals surface area (Å²) in [5, 5.41) is 0. The molecule has 0 spiro atoms. The Hall–Kier alpha value is -0.980. The van der Waals surface area contributed by atoms with Crippen molar-refractivity contribution in [3.05, 3.63) is 58.7 Å². The van der Waals surface area contributed by atoms with Crippen LogP contribution < -0.4 is 0 Å². The number of benzene rings is 2. The Labute approximate surface area is 128 Å². The van der Waals surface area contributed by atoms with E-state index in [4.69, 9.17) is 0 Å². The van der Waals surface area contributed by atoms with E-state index in [0.29, 0.717) is 0 Å². The minimum absolute atomic E-state index is 0. The van der Waals surface area contributed by atoms with Gasteiger partial charge in [-0.25, -0.2) is 0 Å². The second-order valence-electron chi connectivity index (χ2n) is 4.97. The molecule has 0 aromatic heterocycles. The van der Waals surface area contributed by atoms with Crippen LogP contribution in [-0.4, -0.2) is 0 Å². The smallest absolute Gasteiger partial charge is 0.00106 e. The molecule has 19 heavy (non-hydrogen) atoms. The van der Waals surface area contributed by atoms with E-state index in [2.05, 4.69) is 50.2 Å². The largest absolute Gasteiger partial charge is 0.147 e. The second kappa shape index (κ2) is 6.45. The molecule has 0 saturated carbocycles. The van der Waals surface area contributed by atoms with Gasteiger partial charge in [0.05, 0.1) is 0 Å². The lowest BCUT2D eigenvalue weighted by Crippen LogP contribution is -1.96. The zero-order valence-corrected chi connectivity index (χ0v) is 13.0. The molecule has 0 aliphatic heterocycles. The molecule has 0 radical (unpaired) electrons. The fraction of sp³-hybridized carbons (Fsp3) is 0.294. The number of rotatable bonds is 2. The summed E-state index contributed by atoms with van der Waals surface area (Å²) in [6, 6.07) is 13.4. The number of hydrogen-bond donors (Lipinski definition) is 0. The van der Waals surface area contributed by atoms with Gasteiger partial charge < -0.3 is 0 Å². The lowest BCUT2D eigenvalue weighted by atomic mass is 9.94. The monoisotopic (exact) mass is 294 g/mol. The van der Waals surface area contributed by atoms with Crippen molar-refractivity contribution in [2.75, 3.05) is 0 Å². The third kappa shape index (κ3) is 2.66. The first-order chi connectivity index (χ1) is 8.31. The van der Waals surface area contributed by atoms with Crippen LogP contribution in [0, 0.1) is 6.92 Å². The highest BCUT2D eigenvalue weighted by Crippen LogP contribution is 2.39. The first kappa shape index (κ1) is 16.1. The first-order valence-electron chi connectivity index (χ1n) is 6.51. The zero-order chi connectivity index (χ0) is 11.8. The first-order valence-corrected chi connectivity index (χ1v) is 6.51. The van der Waals surface area contributed by atoms with Gasteiger partial charge in [0.1, 0.15) is 0 Å². The van der Waals surface area contributed by atoms with Gasteiger partial charge in [0.2, 0.25) is 0 Å². The molecule has 2 aromatic carbocycles. The Morgan fingerprint density at radius 1 is 0.947 bits per heavy atom. The Balaban J connectivity index is 0.000000902. The maximum Gasteiger partial charge on any atom is -0.00106 e. The van der Waals surface area contributed by atoms with Gasteiger partial charge in [-0.2, -0.15) is 0 Å². The van der Waals surface area contributed by atoms with Crippen LogP contribution in [0.3, 0.4) is 0 Å². The maximum absolute atomic E-state index is 2.30. The summed E-state index contributed by atoms with van der Waals surface area (Å²) in [6.45, 7) is 4.51. The molecule has 0 nitrogen and oxygen atoms in total. The quantitative estimate of drug-likeness (QED) is 0.597. The topological polar surface area (TPSA) is 0 Å². The molecule has 102 valence electrons. The van der Waals surface area contributed by atoms with Gasteiger partial charge in [0, 0.05) is 0 Å². The molecule has 0 heterocycles. The Bertz CT molecular complexity index is 573. The lowest BCUT2D eigenvalue weighted by molar-refractivity contribution is 0.899. The average Bonchev–Trinajstić information content (AvgIpc) is 2.72. The molecule has 0 atom stereocenters. The van der Waals surface area contributed by atoms with Crippen molar-refractivity contribution in [1.82, 2.24) is 0 Å². The van der Waals surface area contributed by atoms with Crippen molar-refractivity contribution < 1.29 is 0 Å². The van der Waals surface area contributed by atoms with E-state index in [9.17, 15) is 0 Å². The van der Waals surface area contributed by atoms with Crippen molar-refractivity contribution in [2.24, 2.45) is 0 Å². The van der Waals surface area contributed by atoms with Gasteiger partial charge in [-0.1, -0.05) is 49.7 Å². The third-order valence-electron chi connectivity index (χ3n) is 3.84. The fourth-order valence-electron chi connectivity index (χ4n) is 2.99. The summed E-state index contributed by atoms with van der Waals surface area (Å²) in [5.74, 6) is 0. The van der Waals surface area contributed by atoms with E-state index < -0.39 is 0 Å². The summed E-state index contributed by atoms with van der Waals surface area (Å²) in [5.41, 5.74) is 9.02. The fourth-order valence-corrected chi connectivity index (χ4v) is 2.99. The summed E-state index contributed by atoms with van der Waals surface area (Å²) < 4.78 is 0. The summed E-state index contributed by atoms with van der Waals surface area (Å²) in [7, 11) is 0. The van der Waals surface area contributed by atoms with E-state index >= 15 is 0 Å². The third-order valence-corrected chi connectivity index (χ3v) is 3.84. The van der Waals surface area contributed by atoms with Crippen LogP contribution in [0.25, 0.3) is 11.1 Å². The van der Waals surface area contributed by atoms with Gasteiger partial charge in [-0.05, 0) is 53.1 Å². The average molecular weight is 295 g/mol. The highest BCUT2D eigenvalue weighted by molar-refractivity contribution is 5.85. The molecule has 0 saturated heterocycles. The van der Waals surface area contributed by atoms with Gasteiger partial charge >= 0.3 is 0 Å². The summed E-state index contributed by atoms with van der Waals surface area (Å²) in [6.07, 6.45) is 3.57. The predicted octanol–water partition coefficient (Wildman–Crippen LogP) is 5.36. The van der Waals surface area contributed by atoms with Crippen LogP contribution in [0.15, 0.2) is 36.4 Å². The number of halogens is 2. The lowest BCUT2D eigenvalue weighted by Gasteiger charge is -2.11. The molecular weight excluding hydrogens is 275 g/mol. The van der Waals surface area contributed by atoms with E-state index in [-0.39, 0.29) is 24.8 Å². The SMILES string of the molecule is CCCc1c(C)ccc2c1Cc1ccccc1-2.Cl.Cl. The molecule has 2 aromatic rings. The molecule has 0 unspecified atom stereocenters. The zero-order valence-electron chi connectivity index (χ0n) is 11.4. The highest BCUT2D eigenvalue weighted by atomic mass is 35.5. The van der Waals surface area contributed by atoms with Gasteiger partial charge in [0.15, 0.2) is 0 Å². The normalized spacial score (nSPS) is 11.1. The maximum atomic E-state index is 2.30. The molecule has 1 aliphatic rings. The van der Waals surface area contributed by atoms with Crippen molar-refractivity contribution in [3.63, 3.8) is 0 Å². The van der Waals surface area contributed by atoms with Crippen LogP contribution in [0.2, 0.25) is 0 Å². The second-order valence-corrected chi connectivity index (χ2v) is 4.97. The van der Waals surface area contributed by atoms with E-state index in [1.165, 1.54) is 35.1 Å². The van der Waals surface area contributed by atoms with Gasteiger partial charge in [-0.3, -0.25) is 0 Å². The Kier molecular flexibility index (Phi) is 5.46. The Morgan fingerprint density at radius 2 is 1.68 bits per heavy atom. The van der Waals surface area contributed by atoms with Crippen LogP contribution in [0.4, 0.5) is 0 Å². The van der Waals surface area contributed by atoms with Crippen LogP contribution in [0.5, 0.6) is 0 Å². The molecule has 0 amide bonds. The van der Waals surface area contributed by atoms with E-state index in [0.717, 1.165) is 6.42 Å². The van der Waals surface area contributed by atoms with Crippen molar-refractivity contribution >= 4 is 24.8 Å². The van der Waals surface area contributed by atoms with E-state index in [1.807, 2.05) is 0 Å². The van der Waals surface area contributed by atoms with Crippen LogP contribution in [0.1, 0.15) is 35.6 Å². The minimum Gasteiger partial charge on any atom is -0.147 e. The van der Waals surface area contributed by atoms with Crippen molar-refractivity contribution in [3.8, 4) is 11.1 Å². The summed E-state index contributed by atoms with van der Waals surface area (Å²) in [4.78, 5) is 0. The van der Waals surface area contributed by atoms with Gasteiger partial charge in [-0.15, -0.1) is 24.8 Å². The molecule has 1 aliphatic carbocycles. The van der Waals surface area contributed by atoms with Gasteiger partial charge in [0.25, 0.3) is 0 Å². The summed E-state index contributed by atoms with van der Waals surface area (Å²) >= 11 is 0. The Morgan fingerprint density at radius 3 is 2.42 bits per heavy atom. The molecule has 3 rings (SSSR count). The molecular formula is C17H20Cl2. The molecule has 0 fully saturated rings. The van der Waals surface area contributed by atoms with Crippen molar-refractivity contribution in [2.45, 2.75) is 33.1 Å². The van der Waals surface area contributed by atoms with Crippen LogP contribution >= 0.6 is 24.8 Å². The number of hydrogen-bond acceptors (Lipinski definition) is 0. The molecule has 2 heteroatoms.